The van der Waals surface area contributed by atoms with Crippen molar-refractivity contribution in [3.8, 4) is 16.9 Å². The molecule has 0 amide bonds. The lowest BCUT2D eigenvalue weighted by atomic mass is 10.1. The molecule has 2 aromatic carbocycles. The van der Waals surface area contributed by atoms with Crippen LogP contribution in [0.25, 0.3) is 11.1 Å². The third-order valence-electron chi connectivity index (χ3n) is 2.29. The van der Waals surface area contributed by atoms with Crippen LogP contribution in [-0.4, -0.2) is 5.11 Å². The van der Waals surface area contributed by atoms with Crippen LogP contribution in [-0.2, 0) is 0 Å². The number of aromatic hydroxyl groups is 1. The second-order valence-electron chi connectivity index (χ2n) is 3.39. The normalized spacial score (nSPS) is 10.6. The lowest BCUT2D eigenvalue weighted by molar-refractivity contribution is 0.475. The molecule has 0 saturated heterocycles. The van der Waals surface area contributed by atoms with Crippen molar-refractivity contribution in [1.29, 1.82) is 0 Å². The summed E-state index contributed by atoms with van der Waals surface area (Å²) in [6, 6.07) is 8.30. The highest BCUT2D eigenvalue weighted by molar-refractivity contribution is 6.45. The number of phenolic OH excluding ortho intramolecular Hbond substituents is 1. The van der Waals surface area contributed by atoms with Crippen molar-refractivity contribution < 1.29 is 5.11 Å². The Morgan fingerprint density at radius 3 is 2.12 bits per heavy atom. The first kappa shape index (κ1) is 12.8. The second kappa shape index (κ2) is 4.95. The van der Waals surface area contributed by atoms with E-state index in [1.165, 1.54) is 6.07 Å². The zero-order chi connectivity index (χ0) is 12.6. The molecule has 0 fully saturated rings. The van der Waals surface area contributed by atoms with E-state index in [0.29, 0.717) is 15.6 Å². The van der Waals surface area contributed by atoms with Crippen LogP contribution in [0.4, 0.5) is 0 Å². The number of benzene rings is 2. The van der Waals surface area contributed by atoms with E-state index in [4.69, 9.17) is 46.4 Å². The van der Waals surface area contributed by atoms with Gasteiger partial charge in [0.05, 0.1) is 15.1 Å². The van der Waals surface area contributed by atoms with Crippen LogP contribution in [0.5, 0.6) is 5.75 Å². The summed E-state index contributed by atoms with van der Waals surface area (Å²) in [5.41, 5.74) is 1.47. The van der Waals surface area contributed by atoms with Crippen molar-refractivity contribution in [2.24, 2.45) is 0 Å². The van der Waals surface area contributed by atoms with Gasteiger partial charge in [0.15, 0.2) is 0 Å². The first-order valence-corrected chi connectivity index (χ1v) is 6.14. The summed E-state index contributed by atoms with van der Waals surface area (Å²) in [5.74, 6) is -0.0551. The summed E-state index contributed by atoms with van der Waals surface area (Å²) in [6.07, 6.45) is 0. The minimum Gasteiger partial charge on any atom is -0.506 e. The minimum atomic E-state index is -0.0551. The van der Waals surface area contributed by atoms with Gasteiger partial charge in [-0.3, -0.25) is 0 Å². The van der Waals surface area contributed by atoms with Gasteiger partial charge in [0.2, 0.25) is 0 Å². The third-order valence-corrected chi connectivity index (χ3v) is 3.90. The SMILES string of the molecule is Oc1ccc(-c2ccc(Cl)c(Cl)c2)c(Cl)c1Cl. The number of rotatable bonds is 1. The van der Waals surface area contributed by atoms with Crippen molar-refractivity contribution >= 4 is 46.4 Å². The zero-order valence-corrected chi connectivity index (χ0v) is 11.4. The number of hydrogen-bond acceptors (Lipinski definition) is 1. The molecule has 17 heavy (non-hydrogen) atoms. The Labute approximate surface area is 118 Å². The van der Waals surface area contributed by atoms with E-state index < -0.39 is 0 Å². The first-order chi connectivity index (χ1) is 8.00. The van der Waals surface area contributed by atoms with Gasteiger partial charge in [0.25, 0.3) is 0 Å². The van der Waals surface area contributed by atoms with Gasteiger partial charge in [0, 0.05) is 5.56 Å². The largest absolute Gasteiger partial charge is 0.506 e. The Balaban J connectivity index is 2.61. The Morgan fingerprint density at radius 2 is 1.47 bits per heavy atom. The Morgan fingerprint density at radius 1 is 0.765 bits per heavy atom. The van der Waals surface area contributed by atoms with E-state index >= 15 is 0 Å². The molecule has 5 heteroatoms. The maximum Gasteiger partial charge on any atom is 0.135 e. The van der Waals surface area contributed by atoms with E-state index in [1.54, 1.807) is 24.3 Å². The molecule has 0 aliphatic rings. The average molecular weight is 308 g/mol. The highest BCUT2D eigenvalue weighted by atomic mass is 35.5. The van der Waals surface area contributed by atoms with Gasteiger partial charge in [0.1, 0.15) is 10.8 Å². The van der Waals surface area contributed by atoms with Crippen LogP contribution in [0.3, 0.4) is 0 Å². The predicted molar refractivity (Wildman–Crippen MR) is 73.6 cm³/mol. The lowest BCUT2D eigenvalue weighted by Gasteiger charge is -2.08. The van der Waals surface area contributed by atoms with Gasteiger partial charge in [-0.25, -0.2) is 0 Å². The molecular weight excluding hydrogens is 302 g/mol. The van der Waals surface area contributed by atoms with Crippen molar-refractivity contribution in [3.63, 3.8) is 0 Å². The van der Waals surface area contributed by atoms with Gasteiger partial charge in [-0.05, 0) is 29.8 Å². The van der Waals surface area contributed by atoms with E-state index in [2.05, 4.69) is 0 Å². The Kier molecular flexibility index (Phi) is 3.74. The minimum absolute atomic E-state index is 0.0551. The van der Waals surface area contributed by atoms with Crippen LogP contribution in [0.15, 0.2) is 30.3 Å². The average Bonchev–Trinajstić information content (AvgIpc) is 2.30. The summed E-state index contributed by atoms with van der Waals surface area (Å²) in [5, 5.41) is 10.7. The quantitative estimate of drug-likeness (QED) is 0.719. The molecule has 2 aromatic rings. The number of hydrogen-bond donors (Lipinski definition) is 1. The van der Waals surface area contributed by atoms with E-state index in [0.717, 1.165) is 5.56 Å². The van der Waals surface area contributed by atoms with Gasteiger partial charge >= 0.3 is 0 Å². The first-order valence-electron chi connectivity index (χ1n) is 4.63. The molecule has 2 rings (SSSR count). The molecule has 88 valence electrons. The molecule has 0 radical (unpaired) electrons. The van der Waals surface area contributed by atoms with Gasteiger partial charge < -0.3 is 5.11 Å². The fourth-order valence-electron chi connectivity index (χ4n) is 1.43. The summed E-state index contributed by atoms with van der Waals surface area (Å²) in [4.78, 5) is 0. The van der Waals surface area contributed by atoms with E-state index in [1.807, 2.05) is 0 Å². The lowest BCUT2D eigenvalue weighted by Crippen LogP contribution is -1.82. The molecular formula is C12H6Cl4O. The zero-order valence-electron chi connectivity index (χ0n) is 8.35. The highest BCUT2D eigenvalue weighted by Crippen LogP contribution is 2.40. The van der Waals surface area contributed by atoms with E-state index in [-0.39, 0.29) is 15.8 Å². The topological polar surface area (TPSA) is 20.2 Å². The van der Waals surface area contributed by atoms with Crippen LogP contribution in [0.1, 0.15) is 0 Å². The van der Waals surface area contributed by atoms with Crippen molar-refractivity contribution in [2.75, 3.05) is 0 Å². The van der Waals surface area contributed by atoms with Gasteiger partial charge in [-0.2, -0.15) is 0 Å². The number of halogens is 4. The summed E-state index contributed by atoms with van der Waals surface area (Å²) in [7, 11) is 0. The third kappa shape index (κ3) is 2.48. The van der Waals surface area contributed by atoms with E-state index in [9.17, 15) is 5.11 Å². The molecule has 0 spiro atoms. The molecule has 0 heterocycles. The molecule has 1 N–H and O–H groups in total. The summed E-state index contributed by atoms with van der Waals surface area (Å²) < 4.78 is 0. The molecule has 0 unspecified atom stereocenters. The fraction of sp³-hybridized carbons (Fsp3) is 0. The van der Waals surface area contributed by atoms with Gasteiger partial charge in [-0.1, -0.05) is 52.5 Å². The standard InChI is InChI=1S/C12H6Cl4O/c13-8-3-1-6(5-9(8)14)7-2-4-10(17)12(16)11(7)15/h1-5,17H. The smallest absolute Gasteiger partial charge is 0.135 e. The Bertz CT molecular complexity index is 581. The second-order valence-corrected chi connectivity index (χ2v) is 4.96. The maximum atomic E-state index is 9.41. The molecule has 0 bridgehead atoms. The van der Waals surface area contributed by atoms with Crippen LogP contribution in [0, 0.1) is 0 Å². The summed E-state index contributed by atoms with van der Waals surface area (Å²) >= 11 is 23.7. The van der Waals surface area contributed by atoms with Crippen LogP contribution < -0.4 is 0 Å². The van der Waals surface area contributed by atoms with Crippen LogP contribution in [0.2, 0.25) is 20.1 Å². The molecule has 0 saturated carbocycles. The molecule has 0 aliphatic heterocycles. The molecule has 0 aliphatic carbocycles. The molecule has 1 nitrogen and oxygen atoms in total. The van der Waals surface area contributed by atoms with Crippen molar-refractivity contribution in [1.82, 2.24) is 0 Å². The number of phenols is 1. The molecule has 0 atom stereocenters. The fourth-order valence-corrected chi connectivity index (χ4v) is 2.16. The summed E-state index contributed by atoms with van der Waals surface area (Å²) in [6.45, 7) is 0. The monoisotopic (exact) mass is 306 g/mol. The Hall–Kier alpha value is -0.600. The van der Waals surface area contributed by atoms with Crippen molar-refractivity contribution in [2.45, 2.75) is 0 Å². The van der Waals surface area contributed by atoms with Crippen LogP contribution >= 0.6 is 46.4 Å². The highest BCUT2D eigenvalue weighted by Gasteiger charge is 2.11. The predicted octanol–water partition coefficient (Wildman–Crippen LogP) is 5.67. The molecule has 0 aromatic heterocycles. The van der Waals surface area contributed by atoms with Crippen molar-refractivity contribution in [3.05, 3.63) is 50.4 Å². The van der Waals surface area contributed by atoms with Gasteiger partial charge in [-0.15, -0.1) is 0 Å². The maximum absolute atomic E-state index is 9.41.